The van der Waals surface area contributed by atoms with Gasteiger partial charge >= 0.3 is 0 Å². The number of carbonyl (C=O) groups is 3. The van der Waals surface area contributed by atoms with Gasteiger partial charge in [-0.15, -0.1) is 0 Å². The molecule has 2 aromatic carbocycles. The molecule has 1 amide bonds. The molecule has 186 valence electrons. The van der Waals surface area contributed by atoms with Crippen LogP contribution in [0.4, 0.5) is 5.69 Å². The smallest absolute Gasteiger partial charge is 0.262 e. The molecule has 3 aliphatic rings. The lowest BCUT2D eigenvalue weighted by atomic mass is 9.71. The predicted molar refractivity (Wildman–Crippen MR) is 142 cm³/mol. The second-order valence-corrected chi connectivity index (χ2v) is 10.2. The van der Waals surface area contributed by atoms with Gasteiger partial charge in [0.05, 0.1) is 4.47 Å². The number of hydrogen-bond acceptors (Lipinski definition) is 5. The molecule has 2 aromatic rings. The Balaban J connectivity index is 1.44. The summed E-state index contributed by atoms with van der Waals surface area (Å²) in [5.41, 5.74) is 5.33. The summed E-state index contributed by atoms with van der Waals surface area (Å²) in [7, 11) is 0. The number of amides is 1. The highest BCUT2D eigenvalue weighted by atomic mass is 79.9. The second-order valence-electron chi connectivity index (χ2n) is 9.34. The van der Waals surface area contributed by atoms with E-state index < -0.39 is 0 Å². The molecular formula is C29H29BrN2O4. The van der Waals surface area contributed by atoms with Gasteiger partial charge in [0.25, 0.3) is 5.91 Å². The summed E-state index contributed by atoms with van der Waals surface area (Å²) in [6.45, 7) is 2.71. The van der Waals surface area contributed by atoms with Crippen molar-refractivity contribution in [2.45, 2.75) is 51.4 Å². The summed E-state index contributed by atoms with van der Waals surface area (Å²) in [6, 6.07) is 14.9. The zero-order chi connectivity index (χ0) is 25.2. The predicted octanol–water partition coefficient (Wildman–Crippen LogP) is 5.90. The van der Waals surface area contributed by atoms with Gasteiger partial charge in [-0.2, -0.15) is 0 Å². The Morgan fingerprint density at radius 2 is 1.61 bits per heavy atom. The van der Waals surface area contributed by atoms with Gasteiger partial charge in [-0.25, -0.2) is 0 Å². The number of ether oxygens (including phenoxy) is 1. The number of para-hydroxylation sites is 1. The third kappa shape index (κ3) is 4.64. The summed E-state index contributed by atoms with van der Waals surface area (Å²) >= 11 is 3.59. The van der Waals surface area contributed by atoms with E-state index in [0.29, 0.717) is 28.8 Å². The fourth-order valence-electron chi connectivity index (χ4n) is 5.61. The number of Topliss-reactive ketones (excluding diaryl/α,β-unsaturated/α-hetero) is 2. The quantitative estimate of drug-likeness (QED) is 0.486. The fraction of sp³-hybridized carbons (Fsp3) is 0.345. The van der Waals surface area contributed by atoms with Crippen LogP contribution in [-0.2, 0) is 14.4 Å². The van der Waals surface area contributed by atoms with Crippen molar-refractivity contribution >= 4 is 39.1 Å². The molecule has 0 fully saturated rings. The lowest BCUT2D eigenvalue weighted by molar-refractivity contribution is -0.118. The standard InChI is InChI=1S/C29H29BrN2O4/c1-2-32-21-10-6-12-23(33)28(21)27(29-22(32)11-7-13-24(29)34)18-14-15-25(20(30)16-18)36-17-26(35)31-19-8-4-3-5-9-19/h3-5,8-9,14-16,27H,2,6-7,10-13,17H2,1H3,(H,31,35). The topological polar surface area (TPSA) is 75.7 Å². The zero-order valence-electron chi connectivity index (χ0n) is 20.3. The Bertz CT molecular complexity index is 1240. The molecule has 7 heteroatoms. The molecule has 0 unspecified atom stereocenters. The largest absolute Gasteiger partial charge is 0.483 e. The number of rotatable bonds is 6. The van der Waals surface area contributed by atoms with Crippen molar-refractivity contribution in [1.82, 2.24) is 4.90 Å². The van der Waals surface area contributed by atoms with E-state index in [1.165, 1.54) is 0 Å². The number of halogens is 1. The van der Waals surface area contributed by atoms with Crippen molar-refractivity contribution in [2.24, 2.45) is 0 Å². The summed E-state index contributed by atoms with van der Waals surface area (Å²) < 4.78 is 6.46. The first kappa shape index (κ1) is 24.5. The third-order valence-corrected chi connectivity index (χ3v) is 7.73. The van der Waals surface area contributed by atoms with Gasteiger partial charge in [0, 0.05) is 53.5 Å². The lowest BCUT2D eigenvalue weighted by Crippen LogP contribution is -2.39. The molecule has 1 heterocycles. The average molecular weight is 549 g/mol. The molecule has 1 N–H and O–H groups in total. The molecule has 0 spiro atoms. The summed E-state index contributed by atoms with van der Waals surface area (Å²) in [5, 5.41) is 2.81. The van der Waals surface area contributed by atoms with Crippen LogP contribution in [0, 0.1) is 0 Å². The van der Waals surface area contributed by atoms with Crippen molar-refractivity contribution < 1.29 is 19.1 Å². The molecule has 0 aromatic heterocycles. The number of carbonyl (C=O) groups excluding carboxylic acids is 3. The number of allylic oxidation sites excluding steroid dienone is 4. The maximum atomic E-state index is 13.2. The van der Waals surface area contributed by atoms with Gasteiger partial charge in [0.2, 0.25) is 0 Å². The number of nitrogens with one attached hydrogen (secondary N) is 1. The van der Waals surface area contributed by atoms with E-state index in [-0.39, 0.29) is 30.0 Å². The molecule has 0 bridgehead atoms. The van der Waals surface area contributed by atoms with E-state index in [2.05, 4.69) is 33.1 Å². The van der Waals surface area contributed by atoms with Crippen molar-refractivity contribution in [1.29, 1.82) is 0 Å². The molecule has 0 saturated carbocycles. The first-order chi connectivity index (χ1) is 17.5. The summed E-state index contributed by atoms with van der Waals surface area (Å²) in [4.78, 5) is 41.0. The van der Waals surface area contributed by atoms with Crippen molar-refractivity contribution in [3.05, 3.63) is 81.1 Å². The molecule has 1 aliphatic heterocycles. The van der Waals surface area contributed by atoms with E-state index in [1.54, 1.807) is 0 Å². The summed E-state index contributed by atoms with van der Waals surface area (Å²) in [5.74, 6) is 0.193. The highest BCUT2D eigenvalue weighted by Gasteiger charge is 2.42. The van der Waals surface area contributed by atoms with Crippen LogP contribution in [0.5, 0.6) is 5.75 Å². The van der Waals surface area contributed by atoms with Gasteiger partial charge in [0.15, 0.2) is 18.2 Å². The highest BCUT2D eigenvalue weighted by molar-refractivity contribution is 9.10. The van der Waals surface area contributed by atoms with E-state index in [9.17, 15) is 14.4 Å². The van der Waals surface area contributed by atoms with Crippen molar-refractivity contribution in [3.63, 3.8) is 0 Å². The van der Waals surface area contributed by atoms with E-state index in [4.69, 9.17) is 4.74 Å². The number of benzene rings is 2. The molecule has 0 radical (unpaired) electrons. The number of anilines is 1. The Hall–Kier alpha value is -3.19. The normalized spacial score (nSPS) is 18.2. The second kappa shape index (κ2) is 10.4. The average Bonchev–Trinajstić information content (AvgIpc) is 2.88. The monoisotopic (exact) mass is 548 g/mol. The van der Waals surface area contributed by atoms with Crippen molar-refractivity contribution in [3.8, 4) is 5.75 Å². The van der Waals surface area contributed by atoms with Crippen LogP contribution >= 0.6 is 15.9 Å². The fourth-order valence-corrected chi connectivity index (χ4v) is 6.12. The Labute approximate surface area is 219 Å². The molecule has 6 nitrogen and oxygen atoms in total. The molecule has 36 heavy (non-hydrogen) atoms. The van der Waals surface area contributed by atoms with Crippen LogP contribution in [0.15, 0.2) is 75.5 Å². The van der Waals surface area contributed by atoms with Gasteiger partial charge in [-0.05, 0) is 78.4 Å². The minimum Gasteiger partial charge on any atom is -0.483 e. The van der Waals surface area contributed by atoms with Crippen LogP contribution in [0.2, 0.25) is 0 Å². The maximum Gasteiger partial charge on any atom is 0.262 e. The molecular weight excluding hydrogens is 520 g/mol. The number of nitrogens with zero attached hydrogens (tertiary/aromatic N) is 1. The molecule has 5 rings (SSSR count). The molecule has 0 atom stereocenters. The van der Waals surface area contributed by atoms with E-state index in [0.717, 1.165) is 60.3 Å². The first-order valence-electron chi connectivity index (χ1n) is 12.5. The van der Waals surface area contributed by atoms with Crippen LogP contribution in [0.1, 0.15) is 56.9 Å². The van der Waals surface area contributed by atoms with Crippen molar-refractivity contribution in [2.75, 3.05) is 18.5 Å². The number of hydrogen-bond donors (Lipinski definition) is 1. The lowest BCUT2D eigenvalue weighted by Gasteiger charge is -2.43. The van der Waals surface area contributed by atoms with Gasteiger partial charge in [-0.1, -0.05) is 24.3 Å². The molecule has 2 aliphatic carbocycles. The van der Waals surface area contributed by atoms with Crippen LogP contribution < -0.4 is 10.1 Å². The van der Waals surface area contributed by atoms with E-state index >= 15 is 0 Å². The Morgan fingerprint density at radius 1 is 0.972 bits per heavy atom. The minimum absolute atomic E-state index is 0.136. The van der Waals surface area contributed by atoms with Gasteiger partial charge in [-0.3, -0.25) is 14.4 Å². The zero-order valence-corrected chi connectivity index (χ0v) is 21.9. The van der Waals surface area contributed by atoms with Crippen LogP contribution in [-0.4, -0.2) is 35.5 Å². The minimum atomic E-state index is -0.356. The van der Waals surface area contributed by atoms with Gasteiger partial charge in [0.1, 0.15) is 5.75 Å². The van der Waals surface area contributed by atoms with Crippen LogP contribution in [0.3, 0.4) is 0 Å². The number of ketones is 2. The first-order valence-corrected chi connectivity index (χ1v) is 13.3. The SMILES string of the molecule is CCN1C2=C(C(=O)CCC2)C(c2ccc(OCC(=O)Nc3ccccc3)c(Br)c2)C2=C1CCCC2=O. The molecule has 0 saturated heterocycles. The van der Waals surface area contributed by atoms with Gasteiger partial charge < -0.3 is 15.0 Å². The Morgan fingerprint density at radius 3 is 2.19 bits per heavy atom. The Kier molecular flexibility index (Phi) is 7.10. The summed E-state index contributed by atoms with van der Waals surface area (Å²) in [6.07, 6.45) is 4.44. The van der Waals surface area contributed by atoms with Crippen LogP contribution in [0.25, 0.3) is 0 Å². The third-order valence-electron chi connectivity index (χ3n) is 7.11. The highest BCUT2D eigenvalue weighted by Crippen LogP contribution is 2.49. The van der Waals surface area contributed by atoms with E-state index in [1.807, 2.05) is 48.5 Å². The maximum absolute atomic E-state index is 13.2.